The summed E-state index contributed by atoms with van der Waals surface area (Å²) in [6.45, 7) is 0. The minimum Gasteiger partial charge on any atom is -0.394 e. The van der Waals surface area contributed by atoms with Crippen LogP contribution in [0.4, 0.5) is 22.0 Å². The first-order valence-electron chi connectivity index (χ1n) is 5.06. The monoisotopic (exact) mass is 242 g/mol. The van der Waals surface area contributed by atoms with Crippen molar-refractivity contribution in [1.29, 1.82) is 5.26 Å². The third-order valence-electron chi connectivity index (χ3n) is 2.18. The van der Waals surface area contributed by atoms with Crippen molar-refractivity contribution >= 4 is 23.2 Å². The number of nitrogens with zero attached hydrogens (tertiary/aromatic N) is 2. The summed E-state index contributed by atoms with van der Waals surface area (Å²) in [5, 5.41) is 20.0. The second-order valence-electron chi connectivity index (χ2n) is 3.47. The van der Waals surface area contributed by atoms with Gasteiger partial charge in [-0.25, -0.2) is 4.79 Å². The molecule has 2 amide bonds. The Morgan fingerprint density at radius 3 is 2.61 bits per heavy atom. The van der Waals surface area contributed by atoms with Crippen LogP contribution in [0, 0.1) is 11.3 Å². The van der Waals surface area contributed by atoms with Gasteiger partial charge in [-0.3, -0.25) is 10.4 Å². The zero-order valence-electron chi connectivity index (χ0n) is 9.27. The summed E-state index contributed by atoms with van der Waals surface area (Å²) in [6.07, 6.45) is 1.40. The molecule has 2 aromatic rings. The van der Waals surface area contributed by atoms with Gasteiger partial charge in [0.1, 0.15) is 0 Å². The van der Waals surface area contributed by atoms with Crippen LogP contribution in [0.25, 0.3) is 0 Å². The summed E-state index contributed by atoms with van der Waals surface area (Å²) >= 11 is 0. The standard InChI is InChI=1S/C11H10N6O/c12-5-7-1-3-8(4-2-7)15-11(18)16-10-9(13)6-14-17-10/h1-4,6H,13H2,(H3,14,15,16,17,18). The topological polar surface area (TPSA) is 120 Å². The first-order chi connectivity index (χ1) is 8.69. The quantitative estimate of drug-likeness (QED) is 0.637. The summed E-state index contributed by atoms with van der Waals surface area (Å²) in [5.74, 6) is 0.334. The van der Waals surface area contributed by atoms with Crippen LogP contribution in [-0.2, 0) is 0 Å². The molecule has 5 N–H and O–H groups in total. The summed E-state index contributed by atoms with van der Waals surface area (Å²) in [5.41, 5.74) is 7.00. The van der Waals surface area contributed by atoms with Crippen molar-refractivity contribution < 1.29 is 4.79 Å². The minimum atomic E-state index is -0.448. The zero-order chi connectivity index (χ0) is 13.0. The van der Waals surface area contributed by atoms with Gasteiger partial charge in [-0.15, -0.1) is 0 Å². The molecule has 0 saturated heterocycles. The number of nitrogens with two attached hydrogens (primary N) is 1. The molecule has 2 rings (SSSR count). The Bertz CT molecular complexity index is 595. The van der Waals surface area contributed by atoms with Crippen LogP contribution in [0.1, 0.15) is 5.56 Å². The van der Waals surface area contributed by atoms with E-state index in [0.717, 1.165) is 0 Å². The lowest BCUT2D eigenvalue weighted by Crippen LogP contribution is -2.20. The van der Waals surface area contributed by atoms with Crippen LogP contribution >= 0.6 is 0 Å². The normalized spacial score (nSPS) is 9.50. The summed E-state index contributed by atoms with van der Waals surface area (Å²) in [7, 11) is 0. The highest BCUT2D eigenvalue weighted by Gasteiger charge is 2.06. The molecule has 1 aromatic carbocycles. The van der Waals surface area contributed by atoms with E-state index in [1.54, 1.807) is 24.3 Å². The number of anilines is 3. The predicted molar refractivity (Wildman–Crippen MR) is 66.8 cm³/mol. The fourth-order valence-corrected chi connectivity index (χ4v) is 1.30. The first-order valence-corrected chi connectivity index (χ1v) is 5.06. The fourth-order valence-electron chi connectivity index (χ4n) is 1.30. The Morgan fingerprint density at radius 2 is 2.06 bits per heavy atom. The average molecular weight is 242 g/mol. The molecule has 0 aliphatic heterocycles. The number of hydrogen-bond acceptors (Lipinski definition) is 4. The largest absolute Gasteiger partial charge is 0.394 e. The molecule has 0 radical (unpaired) electrons. The minimum absolute atomic E-state index is 0.334. The summed E-state index contributed by atoms with van der Waals surface area (Å²) < 4.78 is 0. The molecule has 90 valence electrons. The van der Waals surface area contributed by atoms with Gasteiger partial charge in [0.25, 0.3) is 0 Å². The van der Waals surface area contributed by atoms with E-state index in [1.165, 1.54) is 6.20 Å². The highest BCUT2D eigenvalue weighted by atomic mass is 16.2. The number of carbonyl (C=O) groups excluding carboxylic acids is 1. The number of benzene rings is 1. The smallest absolute Gasteiger partial charge is 0.324 e. The molecule has 0 atom stereocenters. The highest BCUT2D eigenvalue weighted by Crippen LogP contribution is 2.13. The number of carbonyl (C=O) groups is 1. The Labute approximate surface area is 103 Å². The van der Waals surface area contributed by atoms with E-state index in [4.69, 9.17) is 11.0 Å². The molecule has 1 heterocycles. The van der Waals surface area contributed by atoms with Crippen LogP contribution < -0.4 is 16.4 Å². The number of nitrogens with one attached hydrogen (secondary N) is 3. The molecule has 18 heavy (non-hydrogen) atoms. The molecular formula is C11H10N6O. The fraction of sp³-hybridized carbons (Fsp3) is 0. The van der Waals surface area contributed by atoms with E-state index in [0.29, 0.717) is 22.8 Å². The molecule has 0 saturated carbocycles. The van der Waals surface area contributed by atoms with Crippen molar-refractivity contribution in [3.8, 4) is 6.07 Å². The summed E-state index contributed by atoms with van der Waals surface area (Å²) in [4.78, 5) is 11.6. The maximum absolute atomic E-state index is 11.6. The number of amides is 2. The van der Waals surface area contributed by atoms with Gasteiger partial charge in [-0.2, -0.15) is 10.4 Å². The van der Waals surface area contributed by atoms with Crippen LogP contribution in [0.5, 0.6) is 0 Å². The first kappa shape index (κ1) is 11.5. The van der Waals surface area contributed by atoms with Gasteiger partial charge in [-0.05, 0) is 24.3 Å². The van der Waals surface area contributed by atoms with Gasteiger partial charge in [0.2, 0.25) is 0 Å². The van der Waals surface area contributed by atoms with Gasteiger partial charge >= 0.3 is 6.03 Å². The number of nitriles is 1. The van der Waals surface area contributed by atoms with Crippen LogP contribution in [-0.4, -0.2) is 16.2 Å². The highest BCUT2D eigenvalue weighted by molar-refractivity contribution is 6.00. The number of urea groups is 1. The third kappa shape index (κ3) is 2.56. The van der Waals surface area contributed by atoms with Crippen LogP contribution in [0.15, 0.2) is 30.5 Å². The van der Waals surface area contributed by atoms with Gasteiger partial charge in [0.05, 0.1) is 23.5 Å². The van der Waals surface area contributed by atoms with Crippen molar-refractivity contribution in [2.75, 3.05) is 16.4 Å². The van der Waals surface area contributed by atoms with Gasteiger partial charge < -0.3 is 11.1 Å². The predicted octanol–water partition coefficient (Wildman–Crippen LogP) is 1.51. The molecule has 7 heteroatoms. The number of hydrogen-bond donors (Lipinski definition) is 4. The number of nitrogen functional groups attached to an aromatic ring is 1. The van der Waals surface area contributed by atoms with E-state index in [1.807, 2.05) is 6.07 Å². The zero-order valence-corrected chi connectivity index (χ0v) is 9.27. The Morgan fingerprint density at radius 1 is 1.33 bits per heavy atom. The molecule has 0 fully saturated rings. The van der Waals surface area contributed by atoms with Crippen LogP contribution in [0.3, 0.4) is 0 Å². The van der Waals surface area contributed by atoms with Gasteiger partial charge in [0, 0.05) is 5.69 Å². The Hall–Kier alpha value is -3.01. The molecule has 0 bridgehead atoms. The Kier molecular flexibility index (Phi) is 3.11. The van der Waals surface area contributed by atoms with Crippen molar-refractivity contribution in [2.45, 2.75) is 0 Å². The number of aromatic nitrogens is 2. The molecule has 0 unspecified atom stereocenters. The van der Waals surface area contributed by atoms with E-state index in [2.05, 4.69) is 20.8 Å². The van der Waals surface area contributed by atoms with Gasteiger partial charge in [0.15, 0.2) is 5.82 Å². The lowest BCUT2D eigenvalue weighted by Gasteiger charge is -2.06. The van der Waals surface area contributed by atoms with Crippen molar-refractivity contribution in [3.63, 3.8) is 0 Å². The SMILES string of the molecule is N#Cc1ccc(NC(=O)Nc2[nH]ncc2N)cc1. The molecule has 0 spiro atoms. The van der Waals surface area contributed by atoms with Crippen molar-refractivity contribution in [1.82, 2.24) is 10.2 Å². The maximum Gasteiger partial charge on any atom is 0.324 e. The van der Waals surface area contributed by atoms with E-state index in [-0.39, 0.29) is 0 Å². The van der Waals surface area contributed by atoms with E-state index in [9.17, 15) is 4.79 Å². The number of H-pyrrole nitrogens is 1. The lowest BCUT2D eigenvalue weighted by molar-refractivity contribution is 0.262. The van der Waals surface area contributed by atoms with E-state index >= 15 is 0 Å². The van der Waals surface area contributed by atoms with Crippen molar-refractivity contribution in [3.05, 3.63) is 36.0 Å². The van der Waals surface area contributed by atoms with Crippen molar-refractivity contribution in [2.24, 2.45) is 0 Å². The lowest BCUT2D eigenvalue weighted by atomic mass is 10.2. The molecule has 0 aliphatic carbocycles. The second-order valence-corrected chi connectivity index (χ2v) is 3.47. The molecule has 0 aliphatic rings. The molecule has 7 nitrogen and oxygen atoms in total. The molecular weight excluding hydrogens is 232 g/mol. The van der Waals surface area contributed by atoms with Gasteiger partial charge in [-0.1, -0.05) is 0 Å². The number of rotatable bonds is 2. The van der Waals surface area contributed by atoms with E-state index < -0.39 is 6.03 Å². The Balaban J connectivity index is 1.99. The molecule has 1 aromatic heterocycles. The second kappa shape index (κ2) is 4.88. The third-order valence-corrected chi connectivity index (χ3v) is 2.18. The number of aromatic amines is 1. The summed E-state index contributed by atoms with van der Waals surface area (Å²) in [6, 6.07) is 8.03. The maximum atomic E-state index is 11.6. The average Bonchev–Trinajstić information content (AvgIpc) is 2.76. The van der Waals surface area contributed by atoms with Crippen LogP contribution in [0.2, 0.25) is 0 Å².